The van der Waals surface area contributed by atoms with Crippen LogP contribution in [0.3, 0.4) is 0 Å². The molecule has 0 bridgehead atoms. The van der Waals surface area contributed by atoms with Crippen LogP contribution in [-0.4, -0.2) is 44.0 Å². The van der Waals surface area contributed by atoms with E-state index in [0.717, 1.165) is 18.7 Å². The zero-order valence-corrected chi connectivity index (χ0v) is 13.9. The highest BCUT2D eigenvalue weighted by Crippen LogP contribution is 2.08. The molecule has 0 spiro atoms. The Hall–Kier alpha value is -1.39. The van der Waals surface area contributed by atoms with Crippen LogP contribution in [0.5, 0.6) is 0 Å². The lowest BCUT2D eigenvalue weighted by Gasteiger charge is -2.23. The SMILES string of the molecule is Cc1ccc(NC(=O)CNC(CC(C)C)CN(C)C)cc1. The molecule has 118 valence electrons. The summed E-state index contributed by atoms with van der Waals surface area (Å²) in [5, 5.41) is 6.28. The largest absolute Gasteiger partial charge is 0.325 e. The van der Waals surface area contributed by atoms with Gasteiger partial charge in [0.05, 0.1) is 6.54 Å². The molecule has 0 aliphatic heterocycles. The second-order valence-electron chi connectivity index (χ2n) is 6.38. The van der Waals surface area contributed by atoms with E-state index in [9.17, 15) is 4.79 Å². The van der Waals surface area contributed by atoms with Crippen molar-refractivity contribution in [2.24, 2.45) is 5.92 Å². The highest BCUT2D eigenvalue weighted by molar-refractivity contribution is 5.92. The predicted molar refractivity (Wildman–Crippen MR) is 89.6 cm³/mol. The molecule has 1 rings (SSSR count). The lowest BCUT2D eigenvalue weighted by Crippen LogP contribution is -2.42. The molecule has 2 N–H and O–H groups in total. The molecule has 1 unspecified atom stereocenters. The third-order valence-corrected chi connectivity index (χ3v) is 3.23. The van der Waals surface area contributed by atoms with Gasteiger partial charge < -0.3 is 15.5 Å². The summed E-state index contributed by atoms with van der Waals surface area (Å²) in [7, 11) is 4.11. The molecule has 21 heavy (non-hydrogen) atoms. The minimum absolute atomic E-state index is 0.00589. The second kappa shape index (κ2) is 8.80. The van der Waals surface area contributed by atoms with E-state index in [-0.39, 0.29) is 5.91 Å². The van der Waals surface area contributed by atoms with E-state index >= 15 is 0 Å². The summed E-state index contributed by atoms with van der Waals surface area (Å²) in [5.74, 6) is 0.619. The topological polar surface area (TPSA) is 44.4 Å². The Labute approximate surface area is 128 Å². The van der Waals surface area contributed by atoms with Crippen LogP contribution in [0, 0.1) is 12.8 Å². The highest BCUT2D eigenvalue weighted by Gasteiger charge is 2.13. The van der Waals surface area contributed by atoms with Crippen molar-refractivity contribution in [1.82, 2.24) is 10.2 Å². The Kier molecular flexibility index (Phi) is 7.40. The predicted octanol–water partition coefficient (Wildman–Crippen LogP) is 2.50. The number of amides is 1. The van der Waals surface area contributed by atoms with Crippen molar-refractivity contribution in [1.29, 1.82) is 0 Å². The number of aryl methyl sites for hydroxylation is 1. The third kappa shape index (κ3) is 7.83. The zero-order chi connectivity index (χ0) is 15.8. The van der Waals surface area contributed by atoms with E-state index in [2.05, 4.69) is 43.5 Å². The van der Waals surface area contributed by atoms with E-state index in [4.69, 9.17) is 0 Å². The van der Waals surface area contributed by atoms with Crippen molar-refractivity contribution >= 4 is 11.6 Å². The first kappa shape index (κ1) is 17.7. The first-order valence-electron chi connectivity index (χ1n) is 7.61. The number of benzene rings is 1. The van der Waals surface area contributed by atoms with Gasteiger partial charge in [0.25, 0.3) is 0 Å². The summed E-state index contributed by atoms with van der Waals surface area (Å²) in [6.07, 6.45) is 1.07. The monoisotopic (exact) mass is 291 g/mol. The van der Waals surface area contributed by atoms with Crippen LogP contribution in [0.2, 0.25) is 0 Å². The number of carbonyl (C=O) groups excluding carboxylic acids is 1. The van der Waals surface area contributed by atoms with Gasteiger partial charge in [-0.05, 0) is 45.5 Å². The number of nitrogens with one attached hydrogen (secondary N) is 2. The second-order valence-corrected chi connectivity index (χ2v) is 6.38. The molecule has 0 radical (unpaired) electrons. The Morgan fingerprint density at radius 3 is 2.33 bits per heavy atom. The van der Waals surface area contributed by atoms with Gasteiger partial charge in [0.1, 0.15) is 0 Å². The van der Waals surface area contributed by atoms with Crippen LogP contribution in [0.4, 0.5) is 5.69 Å². The average Bonchev–Trinajstić information content (AvgIpc) is 2.37. The van der Waals surface area contributed by atoms with E-state index < -0.39 is 0 Å². The molecule has 0 aliphatic rings. The summed E-state index contributed by atoms with van der Waals surface area (Å²) in [4.78, 5) is 14.1. The molecule has 0 fully saturated rings. The number of hydrogen-bond acceptors (Lipinski definition) is 3. The Morgan fingerprint density at radius 2 is 1.81 bits per heavy atom. The number of likely N-dealkylation sites (N-methyl/N-ethyl adjacent to an activating group) is 1. The van der Waals surface area contributed by atoms with Crippen LogP contribution < -0.4 is 10.6 Å². The number of anilines is 1. The lowest BCUT2D eigenvalue weighted by atomic mass is 10.0. The fourth-order valence-corrected chi connectivity index (χ4v) is 2.31. The van der Waals surface area contributed by atoms with Crippen molar-refractivity contribution in [3.63, 3.8) is 0 Å². The normalized spacial score (nSPS) is 12.7. The fraction of sp³-hybridized carbons (Fsp3) is 0.588. The number of carbonyl (C=O) groups is 1. The van der Waals surface area contributed by atoms with Gasteiger partial charge in [-0.1, -0.05) is 31.5 Å². The van der Waals surface area contributed by atoms with E-state index in [1.807, 2.05) is 31.2 Å². The highest BCUT2D eigenvalue weighted by atomic mass is 16.1. The molecule has 1 aromatic carbocycles. The van der Waals surface area contributed by atoms with Crippen LogP contribution in [0.1, 0.15) is 25.8 Å². The minimum atomic E-state index is 0.00589. The van der Waals surface area contributed by atoms with Crippen molar-refractivity contribution < 1.29 is 4.79 Å². The maximum atomic E-state index is 12.0. The molecule has 0 heterocycles. The van der Waals surface area contributed by atoms with E-state index in [1.165, 1.54) is 5.56 Å². The fourth-order valence-electron chi connectivity index (χ4n) is 2.31. The summed E-state index contributed by atoms with van der Waals surface area (Å²) >= 11 is 0. The molecular weight excluding hydrogens is 262 g/mol. The van der Waals surface area contributed by atoms with Gasteiger partial charge in [0.15, 0.2) is 0 Å². The maximum absolute atomic E-state index is 12.0. The number of nitrogens with zero attached hydrogens (tertiary/aromatic N) is 1. The van der Waals surface area contributed by atoms with E-state index in [0.29, 0.717) is 18.5 Å². The standard InChI is InChI=1S/C17H29N3O/c1-13(2)10-16(12-20(4)5)18-11-17(21)19-15-8-6-14(3)7-9-15/h6-9,13,16,18H,10-12H2,1-5H3,(H,19,21). The molecule has 0 saturated heterocycles. The molecule has 1 amide bonds. The van der Waals surface area contributed by atoms with Gasteiger partial charge in [-0.15, -0.1) is 0 Å². The maximum Gasteiger partial charge on any atom is 0.238 e. The van der Waals surface area contributed by atoms with Crippen molar-refractivity contribution in [2.75, 3.05) is 32.5 Å². The average molecular weight is 291 g/mol. The number of rotatable bonds is 8. The summed E-state index contributed by atoms with van der Waals surface area (Å²) < 4.78 is 0. The molecular formula is C17H29N3O. The van der Waals surface area contributed by atoms with Crippen LogP contribution in [-0.2, 0) is 4.79 Å². The third-order valence-electron chi connectivity index (χ3n) is 3.23. The van der Waals surface area contributed by atoms with E-state index in [1.54, 1.807) is 0 Å². The summed E-state index contributed by atoms with van der Waals surface area (Å²) in [6.45, 7) is 7.73. The van der Waals surface area contributed by atoms with Crippen molar-refractivity contribution in [3.05, 3.63) is 29.8 Å². The molecule has 1 atom stereocenters. The quantitative estimate of drug-likeness (QED) is 0.773. The Morgan fingerprint density at radius 1 is 1.19 bits per heavy atom. The summed E-state index contributed by atoms with van der Waals surface area (Å²) in [5.41, 5.74) is 2.04. The van der Waals surface area contributed by atoms with Gasteiger partial charge in [0.2, 0.25) is 5.91 Å². The number of hydrogen-bond donors (Lipinski definition) is 2. The Balaban J connectivity index is 2.43. The smallest absolute Gasteiger partial charge is 0.238 e. The lowest BCUT2D eigenvalue weighted by molar-refractivity contribution is -0.115. The molecule has 4 nitrogen and oxygen atoms in total. The van der Waals surface area contributed by atoms with Crippen molar-refractivity contribution in [3.8, 4) is 0 Å². The molecule has 1 aromatic rings. The zero-order valence-electron chi connectivity index (χ0n) is 13.9. The van der Waals surface area contributed by atoms with Gasteiger partial charge in [-0.25, -0.2) is 0 Å². The Bertz CT molecular complexity index is 416. The molecule has 0 saturated carbocycles. The first-order valence-corrected chi connectivity index (χ1v) is 7.61. The van der Waals surface area contributed by atoms with Gasteiger partial charge in [-0.2, -0.15) is 0 Å². The van der Waals surface area contributed by atoms with Crippen LogP contribution in [0.25, 0.3) is 0 Å². The van der Waals surface area contributed by atoms with Crippen LogP contribution in [0.15, 0.2) is 24.3 Å². The summed E-state index contributed by atoms with van der Waals surface area (Å²) in [6, 6.07) is 8.19. The van der Waals surface area contributed by atoms with Gasteiger partial charge in [0, 0.05) is 18.3 Å². The molecule has 4 heteroatoms. The molecule has 0 aromatic heterocycles. The van der Waals surface area contributed by atoms with Crippen LogP contribution >= 0.6 is 0 Å². The van der Waals surface area contributed by atoms with Gasteiger partial charge in [-0.3, -0.25) is 4.79 Å². The van der Waals surface area contributed by atoms with Gasteiger partial charge >= 0.3 is 0 Å². The minimum Gasteiger partial charge on any atom is -0.325 e. The van der Waals surface area contributed by atoms with Crippen molar-refractivity contribution in [2.45, 2.75) is 33.2 Å². The molecule has 0 aliphatic carbocycles. The first-order chi connectivity index (χ1) is 9.86.